The molecule has 1 fully saturated rings. The molecule has 0 bridgehead atoms. The average molecular weight is 361 g/mol. The molecule has 2 aromatic heterocycles. The van der Waals surface area contributed by atoms with Crippen molar-refractivity contribution < 1.29 is 0 Å². The molecule has 108 valence electrons. The van der Waals surface area contributed by atoms with Gasteiger partial charge in [0, 0.05) is 29.2 Å². The van der Waals surface area contributed by atoms with Crippen LogP contribution in [0, 0.1) is 0 Å². The molecular formula is C17H17BrN2S. The molecule has 1 saturated carbocycles. The topological polar surface area (TPSA) is 17.0 Å². The Hall–Kier alpha value is -1.10. The second kappa shape index (κ2) is 5.59. The molecule has 0 aliphatic heterocycles. The van der Waals surface area contributed by atoms with Crippen LogP contribution in [-0.2, 0) is 13.1 Å². The molecule has 0 saturated heterocycles. The maximum atomic E-state index is 3.59. The van der Waals surface area contributed by atoms with E-state index in [0.717, 1.165) is 19.1 Å². The summed E-state index contributed by atoms with van der Waals surface area (Å²) in [4.78, 5) is 1.38. The van der Waals surface area contributed by atoms with Gasteiger partial charge in [-0.15, -0.1) is 11.3 Å². The van der Waals surface area contributed by atoms with Gasteiger partial charge < -0.3 is 9.88 Å². The molecule has 0 spiro atoms. The van der Waals surface area contributed by atoms with Gasteiger partial charge in [-0.3, -0.25) is 0 Å². The number of nitrogens with one attached hydrogen (secondary N) is 1. The van der Waals surface area contributed by atoms with Gasteiger partial charge in [0.2, 0.25) is 0 Å². The second-order valence-corrected chi connectivity index (χ2v) is 8.25. The fraction of sp³-hybridized carbons (Fsp3) is 0.294. The summed E-state index contributed by atoms with van der Waals surface area (Å²) in [5.74, 6) is 0. The number of nitrogens with zero attached hydrogens (tertiary/aromatic N) is 1. The first kappa shape index (κ1) is 13.6. The molecule has 0 atom stereocenters. The average Bonchev–Trinajstić information content (AvgIpc) is 3.12. The fourth-order valence-electron chi connectivity index (χ4n) is 2.63. The fourth-order valence-corrected chi connectivity index (χ4v) is 4.11. The van der Waals surface area contributed by atoms with Crippen LogP contribution >= 0.6 is 27.3 Å². The summed E-state index contributed by atoms with van der Waals surface area (Å²) in [5, 5.41) is 4.91. The lowest BCUT2D eigenvalue weighted by Crippen LogP contribution is -2.15. The lowest BCUT2D eigenvalue weighted by atomic mass is 10.1. The van der Waals surface area contributed by atoms with Crippen molar-refractivity contribution in [2.75, 3.05) is 0 Å². The molecule has 0 radical (unpaired) electrons. The van der Waals surface area contributed by atoms with Gasteiger partial charge in [-0.05, 0) is 64.0 Å². The number of fused-ring (bicyclic) bond motifs is 1. The summed E-state index contributed by atoms with van der Waals surface area (Å²) in [6, 6.07) is 14.1. The molecule has 21 heavy (non-hydrogen) atoms. The van der Waals surface area contributed by atoms with Crippen LogP contribution in [0.4, 0.5) is 0 Å². The van der Waals surface area contributed by atoms with E-state index in [1.54, 1.807) is 11.3 Å². The van der Waals surface area contributed by atoms with Crippen molar-refractivity contribution in [3.05, 3.63) is 56.8 Å². The molecule has 1 aliphatic rings. The molecule has 0 amide bonds. The Kier molecular flexibility index (Phi) is 3.61. The number of hydrogen-bond acceptors (Lipinski definition) is 2. The Labute approximate surface area is 136 Å². The molecule has 0 unspecified atom stereocenters. The lowest BCUT2D eigenvalue weighted by molar-refractivity contribution is 0.688. The van der Waals surface area contributed by atoms with Gasteiger partial charge >= 0.3 is 0 Å². The standard InChI is InChI=1S/C17H17BrN2S/c18-17-6-5-15(21-17)11-20-8-7-13-2-1-12(9-16(13)20)10-19-14-3-4-14/h1-2,5-9,14,19H,3-4,10-11H2. The van der Waals surface area contributed by atoms with E-state index in [1.807, 2.05) is 0 Å². The lowest BCUT2D eigenvalue weighted by Gasteiger charge is -2.07. The van der Waals surface area contributed by atoms with Crippen molar-refractivity contribution in [1.29, 1.82) is 0 Å². The number of aromatic nitrogens is 1. The highest BCUT2D eigenvalue weighted by Gasteiger charge is 2.19. The van der Waals surface area contributed by atoms with E-state index in [2.05, 4.69) is 68.4 Å². The Morgan fingerprint density at radius 2 is 2.10 bits per heavy atom. The van der Waals surface area contributed by atoms with E-state index in [1.165, 1.54) is 38.0 Å². The molecule has 1 aliphatic carbocycles. The monoisotopic (exact) mass is 360 g/mol. The summed E-state index contributed by atoms with van der Waals surface area (Å²) in [7, 11) is 0. The second-order valence-electron chi connectivity index (χ2n) is 5.70. The van der Waals surface area contributed by atoms with E-state index in [0.29, 0.717) is 0 Å². The smallest absolute Gasteiger partial charge is 0.0702 e. The van der Waals surface area contributed by atoms with E-state index < -0.39 is 0 Å². The van der Waals surface area contributed by atoms with Crippen LogP contribution in [0.2, 0.25) is 0 Å². The molecule has 2 heterocycles. The minimum absolute atomic E-state index is 0.760. The molecule has 4 heteroatoms. The normalized spacial score (nSPS) is 14.9. The summed E-state index contributed by atoms with van der Waals surface area (Å²) >= 11 is 5.34. The minimum Gasteiger partial charge on any atom is -0.342 e. The number of halogens is 1. The van der Waals surface area contributed by atoms with Crippen molar-refractivity contribution in [2.24, 2.45) is 0 Å². The zero-order valence-corrected chi connectivity index (χ0v) is 14.1. The maximum Gasteiger partial charge on any atom is 0.0702 e. The summed E-state index contributed by atoms with van der Waals surface area (Å²) in [5.41, 5.74) is 2.70. The predicted octanol–water partition coefficient (Wildman–Crippen LogP) is 4.77. The highest BCUT2D eigenvalue weighted by molar-refractivity contribution is 9.11. The van der Waals surface area contributed by atoms with Gasteiger partial charge in [0.15, 0.2) is 0 Å². The SMILES string of the molecule is Brc1ccc(Cn2ccc3ccc(CNC4CC4)cc32)s1. The van der Waals surface area contributed by atoms with Gasteiger partial charge in [0.1, 0.15) is 0 Å². The van der Waals surface area contributed by atoms with Crippen molar-refractivity contribution in [3.63, 3.8) is 0 Å². The highest BCUT2D eigenvalue weighted by atomic mass is 79.9. The van der Waals surface area contributed by atoms with Crippen LogP contribution in [0.5, 0.6) is 0 Å². The molecule has 1 aromatic carbocycles. The van der Waals surface area contributed by atoms with E-state index in [9.17, 15) is 0 Å². The number of benzene rings is 1. The highest BCUT2D eigenvalue weighted by Crippen LogP contribution is 2.25. The molecule has 1 N–H and O–H groups in total. The Morgan fingerprint density at radius 1 is 1.19 bits per heavy atom. The van der Waals surface area contributed by atoms with Crippen LogP contribution in [-0.4, -0.2) is 10.6 Å². The Morgan fingerprint density at radius 3 is 2.86 bits per heavy atom. The van der Waals surface area contributed by atoms with Crippen molar-refractivity contribution in [1.82, 2.24) is 9.88 Å². The van der Waals surface area contributed by atoms with Crippen LogP contribution in [0.1, 0.15) is 23.3 Å². The summed E-state index contributed by atoms with van der Waals surface area (Å²) in [6.07, 6.45) is 4.87. The third-order valence-corrected chi connectivity index (χ3v) is 5.57. The quantitative estimate of drug-likeness (QED) is 0.693. The van der Waals surface area contributed by atoms with E-state index >= 15 is 0 Å². The molecule has 2 nitrogen and oxygen atoms in total. The predicted molar refractivity (Wildman–Crippen MR) is 92.9 cm³/mol. The van der Waals surface area contributed by atoms with Gasteiger partial charge in [-0.2, -0.15) is 0 Å². The first-order valence-electron chi connectivity index (χ1n) is 7.33. The zero-order chi connectivity index (χ0) is 14.2. The van der Waals surface area contributed by atoms with Crippen molar-refractivity contribution in [3.8, 4) is 0 Å². The van der Waals surface area contributed by atoms with Gasteiger partial charge in [-0.25, -0.2) is 0 Å². The third kappa shape index (κ3) is 3.07. The van der Waals surface area contributed by atoms with Crippen LogP contribution in [0.25, 0.3) is 10.9 Å². The minimum atomic E-state index is 0.760. The van der Waals surface area contributed by atoms with E-state index in [4.69, 9.17) is 0 Å². The van der Waals surface area contributed by atoms with Gasteiger partial charge in [-0.1, -0.05) is 12.1 Å². The first-order valence-corrected chi connectivity index (χ1v) is 8.94. The number of rotatable bonds is 5. The van der Waals surface area contributed by atoms with Gasteiger partial charge in [0.25, 0.3) is 0 Å². The molecule has 3 aromatic rings. The first-order chi connectivity index (χ1) is 10.3. The summed E-state index contributed by atoms with van der Waals surface area (Å²) < 4.78 is 3.54. The van der Waals surface area contributed by atoms with Crippen LogP contribution in [0.3, 0.4) is 0 Å². The van der Waals surface area contributed by atoms with E-state index in [-0.39, 0.29) is 0 Å². The summed E-state index contributed by atoms with van der Waals surface area (Å²) in [6.45, 7) is 1.93. The van der Waals surface area contributed by atoms with Crippen LogP contribution < -0.4 is 5.32 Å². The molecular weight excluding hydrogens is 344 g/mol. The van der Waals surface area contributed by atoms with Crippen LogP contribution in [0.15, 0.2) is 46.4 Å². The molecule has 4 rings (SSSR count). The Balaban J connectivity index is 1.60. The Bertz CT molecular complexity index is 770. The number of thiophene rings is 1. The van der Waals surface area contributed by atoms with Crippen molar-refractivity contribution in [2.45, 2.75) is 32.0 Å². The largest absolute Gasteiger partial charge is 0.342 e. The van der Waals surface area contributed by atoms with Gasteiger partial charge in [0.05, 0.1) is 10.3 Å². The maximum absolute atomic E-state index is 3.59. The number of hydrogen-bond donors (Lipinski definition) is 1. The van der Waals surface area contributed by atoms with Crippen molar-refractivity contribution >= 4 is 38.2 Å². The zero-order valence-electron chi connectivity index (χ0n) is 11.7. The third-order valence-electron chi connectivity index (χ3n) is 3.97.